The van der Waals surface area contributed by atoms with Crippen molar-refractivity contribution in [3.05, 3.63) is 101 Å². The second-order valence-corrected chi connectivity index (χ2v) is 11.5. The molecule has 6 nitrogen and oxygen atoms in total. The predicted octanol–water partition coefficient (Wildman–Crippen LogP) is 4.89. The van der Waals surface area contributed by atoms with Gasteiger partial charge >= 0.3 is 0 Å². The Morgan fingerprint density at radius 2 is 1.71 bits per heavy atom. The summed E-state index contributed by atoms with van der Waals surface area (Å²) in [6.07, 6.45) is 6.72. The molecule has 3 atom stereocenters. The van der Waals surface area contributed by atoms with Crippen molar-refractivity contribution in [1.29, 1.82) is 0 Å². The summed E-state index contributed by atoms with van der Waals surface area (Å²) in [5.41, 5.74) is 7.66. The van der Waals surface area contributed by atoms with Crippen LogP contribution in [0.5, 0.6) is 0 Å². The molecule has 0 fully saturated rings. The van der Waals surface area contributed by atoms with Gasteiger partial charge in [0.2, 0.25) is 10.0 Å². The minimum Gasteiger partial charge on any atom is -0.359 e. The van der Waals surface area contributed by atoms with Crippen molar-refractivity contribution in [3.8, 4) is 0 Å². The zero-order chi connectivity index (χ0) is 24.4. The Bertz CT molecular complexity index is 1320. The van der Waals surface area contributed by atoms with Crippen LogP contribution >= 0.6 is 0 Å². The van der Waals surface area contributed by atoms with Crippen LogP contribution in [0, 0.1) is 0 Å². The topological polar surface area (TPSA) is 83.1 Å². The fourth-order valence-corrected chi connectivity index (χ4v) is 6.45. The third-order valence-electron chi connectivity index (χ3n) is 6.97. The first-order valence-electron chi connectivity index (χ1n) is 12.3. The van der Waals surface area contributed by atoms with Crippen LogP contribution in [0.25, 0.3) is 11.4 Å². The highest BCUT2D eigenvalue weighted by atomic mass is 32.2. The summed E-state index contributed by atoms with van der Waals surface area (Å²) in [7, 11) is -3.34. The highest BCUT2D eigenvalue weighted by Crippen LogP contribution is 2.37. The average molecular weight is 489 g/mol. The number of nitrogens with zero attached hydrogens (tertiary/aromatic N) is 1. The molecular weight excluding hydrogens is 456 g/mol. The minimum absolute atomic E-state index is 0.0396. The quantitative estimate of drug-likeness (QED) is 0.420. The summed E-state index contributed by atoms with van der Waals surface area (Å²) in [6.45, 7) is 3.81. The number of pyridine rings is 1. The Morgan fingerprint density at radius 1 is 1.00 bits per heavy atom. The number of aryl methyl sites for hydroxylation is 1. The van der Waals surface area contributed by atoms with Crippen LogP contribution in [0.3, 0.4) is 0 Å². The zero-order valence-corrected chi connectivity index (χ0v) is 21.0. The summed E-state index contributed by atoms with van der Waals surface area (Å²) in [5, 5.41) is 6.95. The second-order valence-electron chi connectivity index (χ2n) is 9.39. The van der Waals surface area contributed by atoms with E-state index in [0.29, 0.717) is 6.42 Å². The highest BCUT2D eigenvalue weighted by molar-refractivity contribution is 7.90. The second kappa shape index (κ2) is 9.84. The van der Waals surface area contributed by atoms with Gasteiger partial charge in [-0.1, -0.05) is 55.8 Å². The SMILES string of the molecule is CCCC(C)S(=O)(=O)NC1CCc2cc(C3=C(c4ccncc4)NC(c4ccccc4)N3)ccc21. The van der Waals surface area contributed by atoms with Crippen molar-refractivity contribution in [1.82, 2.24) is 20.3 Å². The van der Waals surface area contributed by atoms with Crippen LogP contribution in [-0.4, -0.2) is 18.7 Å². The summed E-state index contributed by atoms with van der Waals surface area (Å²) in [6, 6.07) is 20.6. The molecule has 35 heavy (non-hydrogen) atoms. The van der Waals surface area contributed by atoms with Gasteiger partial charge in [0.15, 0.2) is 0 Å². The third-order valence-corrected chi connectivity index (χ3v) is 8.88. The lowest BCUT2D eigenvalue weighted by atomic mass is 10.0. The molecule has 0 amide bonds. The van der Waals surface area contributed by atoms with Crippen LogP contribution in [0.1, 0.15) is 73.1 Å². The van der Waals surface area contributed by atoms with Gasteiger partial charge in [0.1, 0.15) is 6.17 Å². The van der Waals surface area contributed by atoms with E-state index in [-0.39, 0.29) is 17.5 Å². The van der Waals surface area contributed by atoms with E-state index in [1.54, 1.807) is 19.3 Å². The molecule has 3 N–H and O–H groups in total. The van der Waals surface area contributed by atoms with Gasteiger partial charge in [-0.2, -0.15) is 0 Å². The molecule has 1 aromatic heterocycles. The first-order valence-corrected chi connectivity index (χ1v) is 13.9. The third kappa shape index (κ3) is 4.83. The summed E-state index contributed by atoms with van der Waals surface area (Å²) >= 11 is 0. The number of fused-ring (bicyclic) bond motifs is 1. The van der Waals surface area contributed by atoms with Gasteiger partial charge in [0, 0.05) is 29.6 Å². The minimum atomic E-state index is -3.34. The molecule has 5 rings (SSSR count). The average Bonchev–Trinajstić information content (AvgIpc) is 3.49. The fraction of sp³-hybridized carbons (Fsp3) is 0.321. The molecule has 182 valence electrons. The Balaban J connectivity index is 1.45. The van der Waals surface area contributed by atoms with Crippen LogP contribution in [0.2, 0.25) is 0 Å². The monoisotopic (exact) mass is 488 g/mol. The number of benzene rings is 2. The lowest BCUT2D eigenvalue weighted by molar-refractivity contribution is 0.537. The van der Waals surface area contributed by atoms with E-state index < -0.39 is 10.0 Å². The van der Waals surface area contributed by atoms with Gasteiger partial charge in [0.25, 0.3) is 0 Å². The Labute approximate surface area is 207 Å². The Kier molecular flexibility index (Phi) is 6.62. The first-order chi connectivity index (χ1) is 17.0. The number of hydrogen-bond donors (Lipinski definition) is 3. The molecule has 1 aliphatic carbocycles. The van der Waals surface area contributed by atoms with Gasteiger partial charge in [-0.3, -0.25) is 4.98 Å². The Morgan fingerprint density at radius 3 is 2.43 bits per heavy atom. The van der Waals surface area contributed by atoms with Crippen molar-refractivity contribution in [2.24, 2.45) is 0 Å². The molecule has 0 spiro atoms. The molecular formula is C28H32N4O2S. The van der Waals surface area contributed by atoms with E-state index in [9.17, 15) is 8.42 Å². The largest absolute Gasteiger partial charge is 0.359 e. The van der Waals surface area contributed by atoms with E-state index >= 15 is 0 Å². The molecule has 2 aromatic carbocycles. The fourth-order valence-electron chi connectivity index (χ4n) is 5.03. The molecule has 0 radical (unpaired) electrons. The molecule has 0 bridgehead atoms. The van der Waals surface area contributed by atoms with E-state index in [4.69, 9.17) is 0 Å². The van der Waals surface area contributed by atoms with Gasteiger partial charge in [-0.25, -0.2) is 13.1 Å². The maximum Gasteiger partial charge on any atom is 0.214 e. The molecule has 2 aliphatic rings. The van der Waals surface area contributed by atoms with Crippen molar-refractivity contribution in [2.75, 3.05) is 0 Å². The summed E-state index contributed by atoms with van der Waals surface area (Å²) < 4.78 is 28.6. The lowest BCUT2D eigenvalue weighted by Crippen LogP contribution is -2.34. The molecule has 3 aromatic rings. The number of rotatable bonds is 8. The number of sulfonamides is 1. The molecule has 0 saturated carbocycles. The number of hydrogen-bond acceptors (Lipinski definition) is 5. The predicted molar refractivity (Wildman–Crippen MR) is 140 cm³/mol. The first kappa shape index (κ1) is 23.6. The van der Waals surface area contributed by atoms with Crippen molar-refractivity contribution < 1.29 is 8.42 Å². The molecule has 7 heteroatoms. The van der Waals surface area contributed by atoms with E-state index in [2.05, 4.69) is 50.7 Å². The smallest absolute Gasteiger partial charge is 0.214 e. The molecule has 0 saturated heterocycles. The number of aromatic nitrogens is 1. The van der Waals surface area contributed by atoms with Crippen LogP contribution < -0.4 is 15.4 Å². The van der Waals surface area contributed by atoms with Gasteiger partial charge in [0.05, 0.1) is 16.6 Å². The maximum atomic E-state index is 12.8. The standard InChI is InChI=1S/C28H32N4O2S/c1-3-7-19(2)35(33,34)32-25-13-11-22-18-23(10-12-24(22)25)27-26(20-14-16-29-17-15-20)30-28(31-27)21-8-5-4-6-9-21/h4-6,8-10,12,14-19,25,28,30-32H,3,7,11,13H2,1-2H3. The Hall–Kier alpha value is -3.16. The summed E-state index contributed by atoms with van der Waals surface area (Å²) in [5.74, 6) is 0. The van der Waals surface area contributed by atoms with E-state index in [0.717, 1.165) is 52.9 Å². The van der Waals surface area contributed by atoms with E-state index in [1.807, 2.05) is 37.3 Å². The maximum absolute atomic E-state index is 12.8. The molecule has 3 unspecified atom stereocenters. The molecule has 1 aliphatic heterocycles. The van der Waals surface area contributed by atoms with Crippen LogP contribution in [0.15, 0.2) is 73.1 Å². The van der Waals surface area contributed by atoms with Crippen molar-refractivity contribution >= 4 is 21.4 Å². The molecule has 2 heterocycles. The zero-order valence-electron chi connectivity index (χ0n) is 20.2. The highest BCUT2D eigenvalue weighted by Gasteiger charge is 2.31. The van der Waals surface area contributed by atoms with Gasteiger partial charge < -0.3 is 10.6 Å². The summed E-state index contributed by atoms with van der Waals surface area (Å²) in [4.78, 5) is 4.17. The van der Waals surface area contributed by atoms with E-state index in [1.165, 1.54) is 5.56 Å². The van der Waals surface area contributed by atoms with Crippen LogP contribution in [0.4, 0.5) is 0 Å². The number of nitrogens with one attached hydrogen (secondary N) is 3. The van der Waals surface area contributed by atoms with Crippen molar-refractivity contribution in [2.45, 2.75) is 57.0 Å². The van der Waals surface area contributed by atoms with Crippen molar-refractivity contribution in [3.63, 3.8) is 0 Å². The lowest BCUT2D eigenvalue weighted by Gasteiger charge is -2.19. The van der Waals surface area contributed by atoms with Gasteiger partial charge in [-0.15, -0.1) is 0 Å². The normalized spacial score (nSPS) is 20.3. The van der Waals surface area contributed by atoms with Gasteiger partial charge in [-0.05, 0) is 61.1 Å². The van der Waals surface area contributed by atoms with Crippen LogP contribution in [-0.2, 0) is 16.4 Å².